The second-order valence-electron chi connectivity index (χ2n) is 6.83. The van der Waals surface area contributed by atoms with Gasteiger partial charge in [-0.25, -0.2) is 0 Å². The summed E-state index contributed by atoms with van der Waals surface area (Å²) >= 11 is 3.37. The number of carbonyl (C=O) groups is 2. The Morgan fingerprint density at radius 3 is 2.50 bits per heavy atom. The number of esters is 1. The molecule has 0 bridgehead atoms. The Morgan fingerprint density at radius 1 is 1.38 bits per heavy atom. The predicted molar refractivity (Wildman–Crippen MR) is 97.3 cm³/mol. The third-order valence-corrected chi connectivity index (χ3v) is 5.97. The highest BCUT2D eigenvalue weighted by Gasteiger charge is 2.66. The largest absolute Gasteiger partial charge is 0.465 e. The Morgan fingerprint density at radius 2 is 2.00 bits per heavy atom. The zero-order valence-corrected chi connectivity index (χ0v) is 16.5. The van der Waals surface area contributed by atoms with Gasteiger partial charge < -0.3 is 9.84 Å². The first-order valence-electron chi connectivity index (χ1n) is 8.38. The van der Waals surface area contributed by atoms with Crippen LogP contribution < -0.4 is 0 Å². The third-order valence-electron chi connectivity index (χ3n) is 5.24. The number of nitro groups is 1. The molecule has 0 aromatic heterocycles. The van der Waals surface area contributed by atoms with Crippen LogP contribution in [0.1, 0.15) is 45.1 Å². The smallest absolute Gasteiger partial charge is 0.320 e. The van der Waals surface area contributed by atoms with E-state index >= 15 is 0 Å². The van der Waals surface area contributed by atoms with Gasteiger partial charge in [-0.05, 0) is 45.2 Å². The fraction of sp³-hybridized carbons (Fsp3) is 0.556. The summed E-state index contributed by atoms with van der Waals surface area (Å²) in [7, 11) is 0. The molecule has 1 aromatic rings. The lowest BCUT2D eigenvalue weighted by atomic mass is 9.56. The molecule has 2 rings (SSSR count). The quantitative estimate of drug-likeness (QED) is 0.335. The number of ether oxygens (including phenoxy) is 1. The summed E-state index contributed by atoms with van der Waals surface area (Å²) in [6.45, 7) is 4.29. The minimum absolute atomic E-state index is 0.0233. The van der Waals surface area contributed by atoms with E-state index in [0.717, 1.165) is 0 Å². The summed E-state index contributed by atoms with van der Waals surface area (Å²) in [5, 5.41) is 22.7. The molecule has 0 spiro atoms. The number of carbonyl (C=O) groups excluding carboxylic acids is 2. The Hall–Kier alpha value is -1.80. The second-order valence-corrected chi connectivity index (χ2v) is 7.69. The monoisotopic (exact) mass is 427 g/mol. The van der Waals surface area contributed by atoms with Crippen LogP contribution in [0.25, 0.3) is 0 Å². The third kappa shape index (κ3) is 3.27. The van der Waals surface area contributed by atoms with Gasteiger partial charge in [0.05, 0.1) is 12.5 Å². The lowest BCUT2D eigenvalue weighted by molar-refractivity contribution is -0.555. The maximum Gasteiger partial charge on any atom is 0.320 e. The van der Waals surface area contributed by atoms with Gasteiger partial charge in [-0.2, -0.15) is 0 Å². The second kappa shape index (κ2) is 7.44. The van der Waals surface area contributed by atoms with E-state index in [9.17, 15) is 24.8 Å². The molecule has 0 heterocycles. The van der Waals surface area contributed by atoms with Gasteiger partial charge in [0.15, 0.2) is 0 Å². The van der Waals surface area contributed by atoms with Crippen molar-refractivity contribution in [1.29, 1.82) is 0 Å². The summed E-state index contributed by atoms with van der Waals surface area (Å²) in [6, 6.07) is 5.18. The molecule has 8 heteroatoms. The summed E-state index contributed by atoms with van der Waals surface area (Å²) in [5.74, 6) is -2.44. The summed E-state index contributed by atoms with van der Waals surface area (Å²) < 4.78 is 5.69. The van der Waals surface area contributed by atoms with Crippen LogP contribution >= 0.6 is 15.9 Å². The highest BCUT2D eigenvalue weighted by Crippen LogP contribution is 2.54. The zero-order valence-electron chi connectivity index (χ0n) is 14.9. The van der Waals surface area contributed by atoms with Crippen molar-refractivity contribution in [2.45, 2.75) is 51.2 Å². The van der Waals surface area contributed by atoms with Gasteiger partial charge in [0.25, 0.3) is 0 Å². The molecular formula is C18H22BrNO6. The molecule has 4 atom stereocenters. The zero-order chi connectivity index (χ0) is 19.7. The van der Waals surface area contributed by atoms with Crippen LogP contribution in [0.5, 0.6) is 0 Å². The number of hydrogen-bond acceptors (Lipinski definition) is 6. The first-order valence-corrected chi connectivity index (χ1v) is 9.17. The number of ketones is 1. The Kier molecular flexibility index (Phi) is 5.87. The fourth-order valence-electron chi connectivity index (χ4n) is 3.92. The lowest BCUT2D eigenvalue weighted by Gasteiger charge is -2.47. The molecule has 0 aliphatic heterocycles. The maximum atomic E-state index is 12.9. The van der Waals surface area contributed by atoms with Crippen molar-refractivity contribution < 1.29 is 24.4 Å². The number of Topliss-reactive ketones (excluding diaryl/α,β-unsaturated/α-hetero) is 1. The average Bonchev–Trinajstić information content (AvgIpc) is 2.54. The standard InChI is InChI=1S/C18H22BrNO6/c1-4-26-16(22)18(11(2)21)10-9-17(3,23)15(20(24)25)14(18)12-7-5-6-8-13(12)19/h5-8,14-15,23H,4,9-10H2,1-3H3/t14-,15+,17-,18+/m1/s1. The molecule has 0 saturated heterocycles. The summed E-state index contributed by atoms with van der Waals surface area (Å²) in [5.41, 5.74) is -2.97. The molecule has 1 saturated carbocycles. The predicted octanol–water partition coefficient (Wildman–Crippen LogP) is 2.86. The van der Waals surface area contributed by atoms with Crippen molar-refractivity contribution in [1.82, 2.24) is 0 Å². The van der Waals surface area contributed by atoms with E-state index in [2.05, 4.69) is 15.9 Å². The molecular weight excluding hydrogens is 406 g/mol. The van der Waals surface area contributed by atoms with Crippen molar-refractivity contribution in [3.63, 3.8) is 0 Å². The fourth-order valence-corrected chi connectivity index (χ4v) is 4.45. The van der Waals surface area contributed by atoms with E-state index in [1.54, 1.807) is 31.2 Å². The molecule has 1 fully saturated rings. The number of benzene rings is 1. The molecule has 1 aliphatic rings. The van der Waals surface area contributed by atoms with Gasteiger partial charge in [0.2, 0.25) is 6.04 Å². The van der Waals surface area contributed by atoms with Crippen LogP contribution in [-0.4, -0.2) is 40.0 Å². The number of hydrogen-bond donors (Lipinski definition) is 1. The average molecular weight is 428 g/mol. The number of rotatable bonds is 5. The van der Waals surface area contributed by atoms with E-state index in [-0.39, 0.29) is 19.4 Å². The van der Waals surface area contributed by atoms with Gasteiger partial charge in [-0.3, -0.25) is 19.7 Å². The van der Waals surface area contributed by atoms with E-state index < -0.39 is 39.7 Å². The minimum Gasteiger partial charge on any atom is -0.465 e. The molecule has 142 valence electrons. The Bertz CT molecular complexity index is 734. The Balaban J connectivity index is 2.81. The Labute approximate surface area is 160 Å². The van der Waals surface area contributed by atoms with Crippen molar-refractivity contribution in [2.24, 2.45) is 5.41 Å². The van der Waals surface area contributed by atoms with E-state index in [0.29, 0.717) is 10.0 Å². The molecule has 1 aromatic carbocycles. The maximum absolute atomic E-state index is 12.9. The van der Waals surface area contributed by atoms with Crippen LogP contribution in [0.4, 0.5) is 0 Å². The first-order chi connectivity index (χ1) is 12.1. The number of aliphatic hydroxyl groups is 1. The van der Waals surface area contributed by atoms with Gasteiger partial charge in [-0.1, -0.05) is 34.1 Å². The van der Waals surface area contributed by atoms with Crippen LogP contribution in [0, 0.1) is 15.5 Å². The van der Waals surface area contributed by atoms with Crippen molar-refractivity contribution in [2.75, 3.05) is 6.61 Å². The lowest BCUT2D eigenvalue weighted by Crippen LogP contribution is -2.62. The summed E-state index contributed by atoms with van der Waals surface area (Å²) in [6.07, 6.45) is -0.0809. The van der Waals surface area contributed by atoms with E-state index in [1.165, 1.54) is 13.8 Å². The molecule has 26 heavy (non-hydrogen) atoms. The van der Waals surface area contributed by atoms with E-state index in [1.807, 2.05) is 0 Å². The van der Waals surface area contributed by atoms with Crippen LogP contribution in [-0.2, 0) is 14.3 Å². The van der Waals surface area contributed by atoms with Crippen LogP contribution in [0.15, 0.2) is 28.7 Å². The van der Waals surface area contributed by atoms with Gasteiger partial charge in [-0.15, -0.1) is 0 Å². The van der Waals surface area contributed by atoms with Gasteiger partial charge in [0.1, 0.15) is 16.8 Å². The SMILES string of the molecule is CCOC(=O)[C@]1(C(C)=O)CC[C@@](C)(O)[C@@H]([N+](=O)[O-])[C@H]1c1ccccc1Br. The van der Waals surface area contributed by atoms with Crippen molar-refractivity contribution >= 4 is 27.7 Å². The highest BCUT2D eigenvalue weighted by atomic mass is 79.9. The molecule has 0 unspecified atom stereocenters. The van der Waals surface area contributed by atoms with Crippen molar-refractivity contribution in [3.05, 3.63) is 44.4 Å². The molecule has 1 N–H and O–H groups in total. The van der Waals surface area contributed by atoms with Gasteiger partial charge >= 0.3 is 5.97 Å². The molecule has 7 nitrogen and oxygen atoms in total. The molecule has 0 radical (unpaired) electrons. The first kappa shape index (κ1) is 20.5. The highest BCUT2D eigenvalue weighted by molar-refractivity contribution is 9.10. The normalized spacial score (nSPS) is 31.3. The van der Waals surface area contributed by atoms with Gasteiger partial charge in [0, 0.05) is 9.40 Å². The minimum atomic E-state index is -1.72. The van der Waals surface area contributed by atoms with Crippen LogP contribution in [0.2, 0.25) is 0 Å². The topological polar surface area (TPSA) is 107 Å². The van der Waals surface area contributed by atoms with Crippen LogP contribution in [0.3, 0.4) is 0 Å². The molecule has 0 amide bonds. The van der Waals surface area contributed by atoms with E-state index in [4.69, 9.17) is 4.74 Å². The summed E-state index contributed by atoms with van der Waals surface area (Å²) in [4.78, 5) is 36.9. The molecule has 1 aliphatic carbocycles. The number of nitrogens with zero attached hydrogens (tertiary/aromatic N) is 1. The van der Waals surface area contributed by atoms with Crippen molar-refractivity contribution in [3.8, 4) is 0 Å². The number of halogens is 1.